The number of amides is 1. The van der Waals surface area contributed by atoms with Crippen molar-refractivity contribution in [1.29, 1.82) is 5.26 Å². The summed E-state index contributed by atoms with van der Waals surface area (Å²) < 4.78 is 0. The number of anilines is 3. The van der Waals surface area contributed by atoms with Gasteiger partial charge in [0.15, 0.2) is 0 Å². The second kappa shape index (κ2) is 7.28. The van der Waals surface area contributed by atoms with Crippen LogP contribution in [0.15, 0.2) is 67.0 Å². The summed E-state index contributed by atoms with van der Waals surface area (Å²) in [6.45, 7) is 2.03. The van der Waals surface area contributed by atoms with E-state index >= 15 is 0 Å². The summed E-state index contributed by atoms with van der Waals surface area (Å²) in [5.41, 5.74) is 4.46. The largest absolute Gasteiger partial charge is 0.354 e. The zero-order valence-corrected chi connectivity index (χ0v) is 13.7. The third-order valence-electron chi connectivity index (χ3n) is 3.61. The molecule has 122 valence electrons. The molecule has 0 spiro atoms. The second-order valence-electron chi connectivity index (χ2n) is 5.60. The Labute approximate surface area is 146 Å². The topological polar surface area (TPSA) is 77.8 Å². The summed E-state index contributed by atoms with van der Waals surface area (Å²) >= 11 is 0. The standard InChI is InChI=1S/C20H16N4O/c1-14-2-6-17(7-3-14)23-19-10-16(12-22-13-19)20(25)24-18-8-4-15(11-21)5-9-18/h2-10,12-13,23H,1H3,(H,24,25). The van der Waals surface area contributed by atoms with Crippen LogP contribution in [0, 0.1) is 18.3 Å². The molecule has 0 aliphatic carbocycles. The van der Waals surface area contributed by atoms with E-state index in [-0.39, 0.29) is 5.91 Å². The Bertz CT molecular complexity index is 925. The lowest BCUT2D eigenvalue weighted by Gasteiger charge is -2.09. The van der Waals surface area contributed by atoms with Gasteiger partial charge in [-0.25, -0.2) is 0 Å². The van der Waals surface area contributed by atoms with Crippen LogP contribution in [-0.2, 0) is 0 Å². The molecule has 2 aromatic carbocycles. The summed E-state index contributed by atoms with van der Waals surface area (Å²) in [4.78, 5) is 16.5. The van der Waals surface area contributed by atoms with Crippen LogP contribution in [0.1, 0.15) is 21.5 Å². The normalized spacial score (nSPS) is 9.92. The molecule has 0 saturated heterocycles. The van der Waals surface area contributed by atoms with Crippen molar-refractivity contribution in [2.24, 2.45) is 0 Å². The molecule has 0 saturated carbocycles. The van der Waals surface area contributed by atoms with Gasteiger partial charge in [-0.3, -0.25) is 9.78 Å². The molecule has 0 bridgehead atoms. The van der Waals surface area contributed by atoms with Crippen molar-refractivity contribution in [2.45, 2.75) is 6.92 Å². The number of nitrogens with zero attached hydrogens (tertiary/aromatic N) is 2. The van der Waals surface area contributed by atoms with E-state index in [0.717, 1.165) is 11.4 Å². The summed E-state index contributed by atoms with van der Waals surface area (Å²) in [7, 11) is 0. The van der Waals surface area contributed by atoms with Crippen LogP contribution in [0.3, 0.4) is 0 Å². The summed E-state index contributed by atoms with van der Waals surface area (Å²) in [6, 6.07) is 18.4. The van der Waals surface area contributed by atoms with Crippen molar-refractivity contribution in [2.75, 3.05) is 10.6 Å². The fraction of sp³-hybridized carbons (Fsp3) is 0.0500. The molecular weight excluding hydrogens is 312 g/mol. The molecular formula is C20H16N4O. The van der Waals surface area contributed by atoms with Crippen LogP contribution in [0.25, 0.3) is 0 Å². The molecule has 0 unspecified atom stereocenters. The molecule has 5 heteroatoms. The maximum atomic E-state index is 12.4. The smallest absolute Gasteiger partial charge is 0.257 e. The van der Waals surface area contributed by atoms with Gasteiger partial charge in [-0.1, -0.05) is 17.7 Å². The average molecular weight is 328 g/mol. The van der Waals surface area contributed by atoms with Gasteiger partial charge < -0.3 is 10.6 Å². The van der Waals surface area contributed by atoms with E-state index in [1.54, 1.807) is 36.5 Å². The number of pyridine rings is 1. The second-order valence-corrected chi connectivity index (χ2v) is 5.60. The van der Waals surface area contributed by atoms with Gasteiger partial charge in [0.1, 0.15) is 0 Å². The first-order valence-electron chi connectivity index (χ1n) is 7.74. The van der Waals surface area contributed by atoms with Crippen molar-refractivity contribution in [3.63, 3.8) is 0 Å². The van der Waals surface area contributed by atoms with E-state index in [4.69, 9.17) is 5.26 Å². The van der Waals surface area contributed by atoms with E-state index in [1.807, 2.05) is 37.3 Å². The predicted octanol–water partition coefficient (Wildman–Crippen LogP) is 4.26. The lowest BCUT2D eigenvalue weighted by molar-refractivity contribution is 0.102. The molecule has 0 aliphatic heterocycles. The molecule has 3 rings (SSSR count). The molecule has 0 radical (unpaired) electrons. The summed E-state index contributed by atoms with van der Waals surface area (Å²) in [5.74, 6) is -0.259. The highest BCUT2D eigenvalue weighted by Gasteiger charge is 2.08. The van der Waals surface area contributed by atoms with Crippen molar-refractivity contribution in [3.05, 3.63) is 83.7 Å². The number of nitriles is 1. The molecule has 1 amide bonds. The lowest BCUT2D eigenvalue weighted by Crippen LogP contribution is -2.12. The number of rotatable bonds is 4. The van der Waals surface area contributed by atoms with E-state index < -0.39 is 0 Å². The average Bonchev–Trinajstić information content (AvgIpc) is 2.64. The number of aromatic nitrogens is 1. The number of nitrogens with one attached hydrogen (secondary N) is 2. The van der Waals surface area contributed by atoms with Gasteiger partial charge >= 0.3 is 0 Å². The zero-order chi connectivity index (χ0) is 17.6. The van der Waals surface area contributed by atoms with Crippen molar-refractivity contribution in [3.8, 4) is 6.07 Å². The molecule has 0 aliphatic rings. The monoisotopic (exact) mass is 328 g/mol. The Morgan fingerprint density at radius 3 is 2.32 bits per heavy atom. The minimum Gasteiger partial charge on any atom is -0.354 e. The number of carbonyl (C=O) groups excluding carboxylic acids is 1. The number of benzene rings is 2. The first kappa shape index (κ1) is 16.2. The van der Waals surface area contributed by atoms with Crippen molar-refractivity contribution < 1.29 is 4.79 Å². The summed E-state index contributed by atoms with van der Waals surface area (Å²) in [5, 5.41) is 14.8. The third kappa shape index (κ3) is 4.21. The van der Waals surface area contributed by atoms with E-state index in [0.29, 0.717) is 16.8 Å². The SMILES string of the molecule is Cc1ccc(Nc2cncc(C(=O)Nc3ccc(C#N)cc3)c2)cc1. The minimum atomic E-state index is -0.259. The van der Waals surface area contributed by atoms with Crippen LogP contribution in [0.2, 0.25) is 0 Å². The van der Waals surface area contributed by atoms with E-state index in [2.05, 4.69) is 15.6 Å². The van der Waals surface area contributed by atoms with Gasteiger partial charge in [0.2, 0.25) is 0 Å². The van der Waals surface area contributed by atoms with Gasteiger partial charge in [0.25, 0.3) is 5.91 Å². The minimum absolute atomic E-state index is 0.259. The Morgan fingerprint density at radius 1 is 0.960 bits per heavy atom. The van der Waals surface area contributed by atoms with Gasteiger partial charge in [-0.2, -0.15) is 5.26 Å². The maximum absolute atomic E-state index is 12.4. The molecule has 5 nitrogen and oxygen atoms in total. The molecule has 3 aromatic rings. The highest BCUT2D eigenvalue weighted by molar-refractivity contribution is 6.04. The highest BCUT2D eigenvalue weighted by atomic mass is 16.1. The number of hydrogen-bond acceptors (Lipinski definition) is 4. The fourth-order valence-electron chi connectivity index (χ4n) is 2.27. The number of aryl methyl sites for hydroxylation is 1. The molecule has 0 atom stereocenters. The first-order chi connectivity index (χ1) is 12.1. The Kier molecular flexibility index (Phi) is 4.72. The van der Waals surface area contributed by atoms with E-state index in [9.17, 15) is 4.79 Å². The predicted molar refractivity (Wildman–Crippen MR) is 97.8 cm³/mol. The van der Waals surface area contributed by atoms with Gasteiger partial charge in [-0.15, -0.1) is 0 Å². The zero-order valence-electron chi connectivity index (χ0n) is 13.7. The summed E-state index contributed by atoms with van der Waals surface area (Å²) in [6.07, 6.45) is 3.18. The van der Waals surface area contributed by atoms with Crippen LogP contribution in [-0.4, -0.2) is 10.9 Å². The van der Waals surface area contributed by atoms with Gasteiger partial charge in [-0.05, 0) is 49.4 Å². The maximum Gasteiger partial charge on any atom is 0.257 e. The molecule has 25 heavy (non-hydrogen) atoms. The Balaban J connectivity index is 1.72. The van der Waals surface area contributed by atoms with E-state index in [1.165, 1.54) is 11.8 Å². The van der Waals surface area contributed by atoms with Gasteiger partial charge in [0.05, 0.1) is 29.1 Å². The molecule has 1 heterocycles. The first-order valence-corrected chi connectivity index (χ1v) is 7.74. The fourth-order valence-corrected chi connectivity index (χ4v) is 2.27. The van der Waals surface area contributed by atoms with Crippen molar-refractivity contribution >= 4 is 23.0 Å². The molecule has 2 N–H and O–H groups in total. The highest BCUT2D eigenvalue weighted by Crippen LogP contribution is 2.18. The third-order valence-corrected chi connectivity index (χ3v) is 3.61. The van der Waals surface area contributed by atoms with Crippen LogP contribution in [0.4, 0.5) is 17.1 Å². The quantitative estimate of drug-likeness (QED) is 0.750. The van der Waals surface area contributed by atoms with Crippen molar-refractivity contribution in [1.82, 2.24) is 4.98 Å². The van der Waals surface area contributed by atoms with Crippen LogP contribution < -0.4 is 10.6 Å². The van der Waals surface area contributed by atoms with Crippen LogP contribution >= 0.6 is 0 Å². The number of carbonyl (C=O) groups is 1. The van der Waals surface area contributed by atoms with Crippen LogP contribution in [0.5, 0.6) is 0 Å². The lowest BCUT2D eigenvalue weighted by atomic mass is 10.2. The molecule has 0 fully saturated rings. The molecule has 1 aromatic heterocycles. The Hall–Kier alpha value is -3.65. The number of hydrogen-bond donors (Lipinski definition) is 2. The van der Waals surface area contributed by atoms with Gasteiger partial charge in [0, 0.05) is 17.6 Å². The Morgan fingerprint density at radius 2 is 1.64 bits per heavy atom.